The van der Waals surface area contributed by atoms with Gasteiger partial charge in [0, 0.05) is 24.8 Å². The fraction of sp³-hybridized carbons (Fsp3) is 0.148. The van der Waals surface area contributed by atoms with Crippen LogP contribution in [-0.2, 0) is 13.0 Å². The van der Waals surface area contributed by atoms with Crippen LogP contribution < -0.4 is 15.4 Å². The van der Waals surface area contributed by atoms with Crippen LogP contribution in [0.5, 0.6) is 5.75 Å². The molecule has 0 fully saturated rings. The number of H-pyrrole nitrogens is 1. The number of benzene rings is 2. The first-order valence-corrected chi connectivity index (χ1v) is 12.7. The summed E-state index contributed by atoms with van der Waals surface area (Å²) in [5.74, 6) is 7.23. The molecular weight excluding hydrogens is 511 g/mol. The smallest absolute Gasteiger partial charge is 0.151 e. The number of thiophene rings is 1. The largest absolute Gasteiger partial charge is 0.487 e. The molecule has 0 bridgehead atoms. The molecule has 0 aliphatic heterocycles. The van der Waals surface area contributed by atoms with Crippen molar-refractivity contribution in [3.63, 3.8) is 0 Å². The predicted molar refractivity (Wildman–Crippen MR) is 145 cm³/mol. The number of hydrogen-bond donors (Lipinski definition) is 3. The molecule has 0 aliphatic rings. The van der Waals surface area contributed by atoms with E-state index in [4.69, 9.17) is 16.3 Å². The molecule has 0 aliphatic carbocycles. The molecular formula is C27H22ClFN6OS. The number of aromatic nitrogens is 4. The third kappa shape index (κ3) is 6.62. The van der Waals surface area contributed by atoms with Gasteiger partial charge >= 0.3 is 0 Å². The predicted octanol–water partition coefficient (Wildman–Crippen LogP) is 5.71. The summed E-state index contributed by atoms with van der Waals surface area (Å²) in [5.41, 5.74) is 3.32. The number of nitrogens with one attached hydrogen (secondary N) is 3. The topological polar surface area (TPSA) is 87.8 Å². The average Bonchev–Trinajstić information content (AvgIpc) is 3.56. The maximum atomic E-state index is 13.4. The zero-order valence-electron chi connectivity index (χ0n) is 19.6. The summed E-state index contributed by atoms with van der Waals surface area (Å²) in [6, 6.07) is 13.6. The molecule has 0 radical (unpaired) electrons. The zero-order valence-corrected chi connectivity index (χ0v) is 21.2. The fourth-order valence-corrected chi connectivity index (χ4v) is 4.72. The van der Waals surface area contributed by atoms with Gasteiger partial charge in [-0.1, -0.05) is 35.6 Å². The molecule has 0 amide bonds. The Morgan fingerprint density at radius 1 is 1.11 bits per heavy atom. The minimum Gasteiger partial charge on any atom is -0.487 e. The van der Waals surface area contributed by atoms with E-state index in [0.29, 0.717) is 23.1 Å². The number of aromatic amines is 1. The van der Waals surface area contributed by atoms with E-state index in [0.717, 1.165) is 45.0 Å². The summed E-state index contributed by atoms with van der Waals surface area (Å²) in [6.07, 6.45) is 5.94. The maximum Gasteiger partial charge on any atom is 0.151 e. The van der Waals surface area contributed by atoms with Crippen molar-refractivity contribution in [3.05, 3.63) is 94.4 Å². The normalized spacial score (nSPS) is 10.8. The van der Waals surface area contributed by atoms with Crippen LogP contribution in [0.25, 0.3) is 10.2 Å². The molecule has 2 aromatic carbocycles. The minimum atomic E-state index is -0.302. The van der Waals surface area contributed by atoms with Gasteiger partial charge in [-0.25, -0.2) is 19.3 Å². The second kappa shape index (κ2) is 11.8. The highest BCUT2D eigenvalue weighted by Crippen LogP contribution is 2.33. The van der Waals surface area contributed by atoms with E-state index in [2.05, 4.69) is 42.4 Å². The van der Waals surface area contributed by atoms with Crippen molar-refractivity contribution in [1.29, 1.82) is 0 Å². The molecule has 0 spiro atoms. The Morgan fingerprint density at radius 3 is 2.89 bits per heavy atom. The molecule has 3 heterocycles. The number of hydrogen-bond acceptors (Lipinski definition) is 7. The third-order valence-corrected chi connectivity index (χ3v) is 6.67. The van der Waals surface area contributed by atoms with Crippen molar-refractivity contribution in [2.24, 2.45) is 0 Å². The van der Waals surface area contributed by atoms with Crippen LogP contribution in [0, 0.1) is 17.7 Å². The van der Waals surface area contributed by atoms with E-state index in [1.807, 2.05) is 18.3 Å². The van der Waals surface area contributed by atoms with Gasteiger partial charge in [0.25, 0.3) is 0 Å². The Labute approximate surface area is 222 Å². The summed E-state index contributed by atoms with van der Waals surface area (Å²) in [7, 11) is 0. The highest BCUT2D eigenvalue weighted by atomic mass is 35.5. The Balaban J connectivity index is 1.20. The van der Waals surface area contributed by atoms with Crippen LogP contribution in [-0.4, -0.2) is 33.0 Å². The van der Waals surface area contributed by atoms with Gasteiger partial charge in [0.1, 0.15) is 24.5 Å². The van der Waals surface area contributed by atoms with Gasteiger partial charge in [0.15, 0.2) is 5.82 Å². The molecule has 3 aromatic heterocycles. The van der Waals surface area contributed by atoms with Crippen LogP contribution in [0.4, 0.5) is 15.9 Å². The number of imidazole rings is 1. The molecule has 5 rings (SSSR count). The summed E-state index contributed by atoms with van der Waals surface area (Å²) in [5, 5.41) is 7.04. The number of rotatable bonds is 9. The van der Waals surface area contributed by atoms with Gasteiger partial charge in [0.2, 0.25) is 0 Å². The van der Waals surface area contributed by atoms with Crippen LogP contribution in [0.1, 0.15) is 16.1 Å². The minimum absolute atomic E-state index is 0.218. The van der Waals surface area contributed by atoms with E-state index in [9.17, 15) is 4.39 Å². The number of nitrogens with zero attached hydrogens (tertiary/aromatic N) is 3. The average molecular weight is 533 g/mol. The van der Waals surface area contributed by atoms with Crippen molar-refractivity contribution in [2.45, 2.75) is 13.0 Å². The first-order chi connectivity index (χ1) is 18.1. The summed E-state index contributed by atoms with van der Waals surface area (Å²) in [4.78, 5) is 16.8. The van der Waals surface area contributed by atoms with E-state index in [1.165, 1.54) is 29.8 Å². The molecule has 0 atom stereocenters. The first kappa shape index (κ1) is 24.7. The van der Waals surface area contributed by atoms with E-state index >= 15 is 0 Å². The zero-order chi connectivity index (χ0) is 25.5. The van der Waals surface area contributed by atoms with Crippen molar-refractivity contribution >= 4 is 44.7 Å². The highest BCUT2D eigenvalue weighted by molar-refractivity contribution is 7.20. The van der Waals surface area contributed by atoms with E-state index in [1.54, 1.807) is 30.6 Å². The van der Waals surface area contributed by atoms with Crippen molar-refractivity contribution in [3.8, 4) is 17.6 Å². The first-order valence-electron chi connectivity index (χ1n) is 11.5. The third-order valence-electron chi connectivity index (χ3n) is 5.33. The number of anilines is 2. The summed E-state index contributed by atoms with van der Waals surface area (Å²) < 4.78 is 20.0. The van der Waals surface area contributed by atoms with Crippen LogP contribution >= 0.6 is 22.9 Å². The molecule has 7 nitrogen and oxygen atoms in total. The van der Waals surface area contributed by atoms with Crippen LogP contribution in [0.2, 0.25) is 5.02 Å². The van der Waals surface area contributed by atoms with Crippen molar-refractivity contribution in [1.82, 2.24) is 25.3 Å². The SMILES string of the molecule is Fc1cccc(COc2ccc(Nc3ncnc4cc(C#CCNCCc5c[nH]cn5)sc34)cc2Cl)c1. The quantitative estimate of drug-likeness (QED) is 0.166. The second-order valence-corrected chi connectivity index (χ2v) is 9.48. The number of fused-ring (bicyclic) bond motifs is 1. The molecule has 186 valence electrons. The Bertz CT molecular complexity index is 1560. The number of ether oxygens (including phenoxy) is 1. The lowest BCUT2D eigenvalue weighted by Gasteiger charge is -2.11. The monoisotopic (exact) mass is 532 g/mol. The van der Waals surface area contributed by atoms with Crippen LogP contribution in [0.15, 0.2) is 67.4 Å². The lowest BCUT2D eigenvalue weighted by atomic mass is 10.2. The molecule has 3 N–H and O–H groups in total. The molecule has 10 heteroatoms. The molecule has 0 unspecified atom stereocenters. The van der Waals surface area contributed by atoms with Gasteiger partial charge in [-0.2, -0.15) is 0 Å². The van der Waals surface area contributed by atoms with Gasteiger partial charge in [-0.05, 0) is 42.0 Å². The Morgan fingerprint density at radius 2 is 2.05 bits per heavy atom. The van der Waals surface area contributed by atoms with Crippen molar-refractivity contribution < 1.29 is 9.13 Å². The molecule has 0 saturated carbocycles. The second-order valence-electron chi connectivity index (χ2n) is 8.03. The number of halogens is 2. The van der Waals surface area contributed by atoms with Gasteiger partial charge in [-0.3, -0.25) is 0 Å². The molecule has 37 heavy (non-hydrogen) atoms. The van der Waals surface area contributed by atoms with Crippen LogP contribution in [0.3, 0.4) is 0 Å². The fourth-order valence-electron chi connectivity index (χ4n) is 3.55. The lowest BCUT2D eigenvalue weighted by molar-refractivity contribution is 0.306. The summed E-state index contributed by atoms with van der Waals surface area (Å²) in [6.45, 7) is 1.61. The Kier molecular flexibility index (Phi) is 7.91. The molecule has 0 saturated heterocycles. The maximum absolute atomic E-state index is 13.4. The molecule has 5 aromatic rings. The Hall–Kier alpha value is -3.97. The van der Waals surface area contributed by atoms with Gasteiger partial charge in [0.05, 0.1) is 38.7 Å². The highest BCUT2D eigenvalue weighted by Gasteiger charge is 2.10. The summed E-state index contributed by atoms with van der Waals surface area (Å²) >= 11 is 7.97. The van der Waals surface area contributed by atoms with Gasteiger partial charge < -0.3 is 20.4 Å². The lowest BCUT2D eigenvalue weighted by Crippen LogP contribution is -2.17. The van der Waals surface area contributed by atoms with Gasteiger partial charge in [-0.15, -0.1) is 11.3 Å². The standard InChI is InChI=1S/C27H22ClFN6OS/c28-23-12-20(6-7-25(23)36-15-18-3-1-4-19(29)11-18)35-27-26-24(33-17-34-27)13-22(37-26)5-2-9-30-10-8-21-14-31-16-32-21/h1,3-4,6-7,11-14,16-17,30H,8-10,15H2,(H,31,32)(H,33,34,35). The van der Waals surface area contributed by atoms with Crippen molar-refractivity contribution in [2.75, 3.05) is 18.4 Å². The van der Waals surface area contributed by atoms with E-state index < -0.39 is 0 Å². The van der Waals surface area contributed by atoms with E-state index in [-0.39, 0.29) is 12.4 Å².